The van der Waals surface area contributed by atoms with Gasteiger partial charge in [-0.1, -0.05) is 31.7 Å². The minimum absolute atomic E-state index is 0.140. The van der Waals surface area contributed by atoms with Crippen molar-refractivity contribution in [3.05, 3.63) is 35.5 Å². The van der Waals surface area contributed by atoms with Gasteiger partial charge in [-0.15, -0.1) is 23.1 Å². The zero-order valence-electron chi connectivity index (χ0n) is 18.0. The fraction of sp³-hybridized carbons (Fsp3) is 0.435. The van der Waals surface area contributed by atoms with Gasteiger partial charge in [0.05, 0.1) is 22.9 Å². The number of fused-ring (bicyclic) bond motifs is 4. The number of aromatic nitrogens is 3. The third kappa shape index (κ3) is 3.57. The second-order valence-corrected chi connectivity index (χ2v) is 11.0. The van der Waals surface area contributed by atoms with Crippen molar-refractivity contribution in [2.45, 2.75) is 49.3 Å². The van der Waals surface area contributed by atoms with Gasteiger partial charge in [-0.3, -0.25) is 0 Å². The number of rotatable bonds is 6. The molecule has 31 heavy (non-hydrogen) atoms. The second kappa shape index (κ2) is 8.73. The van der Waals surface area contributed by atoms with Crippen molar-refractivity contribution in [1.82, 2.24) is 15.0 Å². The smallest absolute Gasteiger partial charge is 0.189 e. The SMILES string of the molecule is CSc1nc(SCCO)c2sc3c(c2n1)C1=C(CCC1)C(C(C)C)N3c1ccccn1. The first-order valence-electron chi connectivity index (χ1n) is 10.7. The molecule has 8 heteroatoms. The van der Waals surface area contributed by atoms with E-state index in [1.165, 1.54) is 22.6 Å². The summed E-state index contributed by atoms with van der Waals surface area (Å²) in [5.41, 5.74) is 5.41. The van der Waals surface area contributed by atoms with Crippen molar-refractivity contribution >= 4 is 61.5 Å². The molecule has 0 spiro atoms. The predicted octanol–water partition coefficient (Wildman–Crippen LogP) is 6.01. The van der Waals surface area contributed by atoms with E-state index in [9.17, 15) is 5.11 Å². The van der Waals surface area contributed by atoms with Crippen LogP contribution in [0.5, 0.6) is 0 Å². The Hall–Kier alpha value is -1.61. The largest absolute Gasteiger partial charge is 0.396 e. The van der Waals surface area contributed by atoms with Crippen molar-refractivity contribution in [3.8, 4) is 0 Å². The van der Waals surface area contributed by atoms with Crippen LogP contribution in [0.2, 0.25) is 0 Å². The predicted molar refractivity (Wildman–Crippen MR) is 133 cm³/mol. The minimum Gasteiger partial charge on any atom is -0.396 e. The van der Waals surface area contributed by atoms with Crippen LogP contribution >= 0.6 is 34.9 Å². The Labute approximate surface area is 195 Å². The molecule has 0 radical (unpaired) electrons. The molecule has 0 amide bonds. The maximum atomic E-state index is 9.41. The fourth-order valence-electron chi connectivity index (χ4n) is 4.80. The highest BCUT2D eigenvalue weighted by Gasteiger charge is 2.41. The van der Waals surface area contributed by atoms with Crippen molar-refractivity contribution < 1.29 is 5.11 Å². The van der Waals surface area contributed by atoms with Crippen LogP contribution in [0.25, 0.3) is 15.8 Å². The number of thiophene rings is 1. The third-order valence-electron chi connectivity index (χ3n) is 5.92. The van der Waals surface area contributed by atoms with Crippen LogP contribution in [0.3, 0.4) is 0 Å². The van der Waals surface area contributed by atoms with Gasteiger partial charge < -0.3 is 10.0 Å². The average molecular weight is 471 g/mol. The molecule has 0 saturated carbocycles. The first-order valence-corrected chi connectivity index (χ1v) is 13.7. The summed E-state index contributed by atoms with van der Waals surface area (Å²) in [5.74, 6) is 2.10. The summed E-state index contributed by atoms with van der Waals surface area (Å²) in [5, 5.41) is 12.4. The van der Waals surface area contributed by atoms with E-state index >= 15 is 0 Å². The van der Waals surface area contributed by atoms with Gasteiger partial charge in [0, 0.05) is 17.5 Å². The summed E-state index contributed by atoms with van der Waals surface area (Å²) in [7, 11) is 0. The molecule has 0 aromatic carbocycles. The van der Waals surface area contributed by atoms with E-state index in [4.69, 9.17) is 15.0 Å². The molecule has 1 aliphatic carbocycles. The molecular formula is C23H26N4OS3. The Morgan fingerprint density at radius 2 is 2.13 bits per heavy atom. The lowest BCUT2D eigenvalue weighted by Crippen LogP contribution is -2.39. The molecule has 0 fully saturated rings. The molecule has 162 valence electrons. The molecule has 5 nitrogen and oxygen atoms in total. The fourth-order valence-corrected chi connectivity index (χ4v) is 7.38. The quantitative estimate of drug-likeness (QED) is 0.269. The van der Waals surface area contributed by atoms with Crippen LogP contribution in [0, 0.1) is 5.92 Å². The molecule has 1 N–H and O–H groups in total. The van der Waals surface area contributed by atoms with Gasteiger partial charge in [0.2, 0.25) is 0 Å². The summed E-state index contributed by atoms with van der Waals surface area (Å²) in [4.78, 5) is 17.0. The summed E-state index contributed by atoms with van der Waals surface area (Å²) < 4.78 is 1.13. The number of anilines is 2. The van der Waals surface area contributed by atoms with Crippen LogP contribution in [-0.2, 0) is 0 Å². The van der Waals surface area contributed by atoms with E-state index in [2.05, 4.69) is 30.9 Å². The van der Waals surface area contributed by atoms with Crippen molar-refractivity contribution in [3.63, 3.8) is 0 Å². The Kier molecular flexibility index (Phi) is 5.98. The van der Waals surface area contributed by atoms with E-state index in [1.807, 2.05) is 18.5 Å². The van der Waals surface area contributed by atoms with Crippen LogP contribution in [0.1, 0.15) is 38.7 Å². The lowest BCUT2D eigenvalue weighted by atomic mass is 9.86. The number of hydrogen-bond acceptors (Lipinski definition) is 8. The maximum Gasteiger partial charge on any atom is 0.189 e. The Balaban J connectivity index is 1.81. The number of hydrogen-bond donors (Lipinski definition) is 1. The number of aliphatic hydroxyl groups excluding tert-OH is 1. The molecule has 1 unspecified atom stereocenters. The monoisotopic (exact) mass is 470 g/mol. The lowest BCUT2D eigenvalue weighted by molar-refractivity contribution is 0.322. The Bertz CT molecular complexity index is 1140. The van der Waals surface area contributed by atoms with Crippen molar-refractivity contribution in [1.29, 1.82) is 0 Å². The topological polar surface area (TPSA) is 62.1 Å². The van der Waals surface area contributed by atoms with Gasteiger partial charge in [-0.2, -0.15) is 0 Å². The van der Waals surface area contributed by atoms with E-state index in [1.54, 1.807) is 40.4 Å². The number of nitrogens with zero attached hydrogens (tertiary/aromatic N) is 4. The van der Waals surface area contributed by atoms with Crippen LogP contribution in [-0.4, -0.2) is 44.7 Å². The number of allylic oxidation sites excluding steroid dienone is 1. The minimum atomic E-state index is 0.140. The molecule has 1 aliphatic heterocycles. The van der Waals surface area contributed by atoms with E-state index < -0.39 is 0 Å². The molecule has 4 heterocycles. The van der Waals surface area contributed by atoms with Crippen molar-refractivity contribution in [2.75, 3.05) is 23.5 Å². The van der Waals surface area contributed by atoms with Gasteiger partial charge >= 0.3 is 0 Å². The maximum absolute atomic E-state index is 9.41. The van der Waals surface area contributed by atoms with E-state index in [0.717, 1.165) is 39.1 Å². The first kappa shape index (κ1) is 21.2. The second-order valence-electron chi connectivity index (χ2n) is 8.15. The molecular weight excluding hydrogens is 444 g/mol. The molecule has 5 rings (SSSR count). The van der Waals surface area contributed by atoms with Crippen LogP contribution in [0.15, 0.2) is 40.2 Å². The third-order valence-corrected chi connectivity index (χ3v) is 8.74. The molecule has 1 atom stereocenters. The summed E-state index contributed by atoms with van der Waals surface area (Å²) >= 11 is 4.98. The van der Waals surface area contributed by atoms with E-state index in [-0.39, 0.29) is 6.61 Å². The Morgan fingerprint density at radius 3 is 2.84 bits per heavy atom. The van der Waals surface area contributed by atoms with Crippen LogP contribution < -0.4 is 4.90 Å². The van der Waals surface area contributed by atoms with Crippen molar-refractivity contribution in [2.24, 2.45) is 5.92 Å². The Morgan fingerprint density at radius 1 is 1.26 bits per heavy atom. The zero-order valence-corrected chi connectivity index (χ0v) is 20.4. The van der Waals surface area contributed by atoms with E-state index in [0.29, 0.717) is 17.7 Å². The number of thioether (sulfide) groups is 2. The van der Waals surface area contributed by atoms with Gasteiger partial charge in [0.1, 0.15) is 15.8 Å². The highest BCUT2D eigenvalue weighted by atomic mass is 32.2. The van der Waals surface area contributed by atoms with Crippen LogP contribution in [0.4, 0.5) is 10.8 Å². The summed E-state index contributed by atoms with van der Waals surface area (Å²) in [6.45, 7) is 4.77. The van der Waals surface area contributed by atoms with Gasteiger partial charge in [0.15, 0.2) is 5.16 Å². The lowest BCUT2D eigenvalue weighted by Gasteiger charge is -2.40. The molecule has 3 aromatic heterocycles. The zero-order chi connectivity index (χ0) is 21.5. The number of pyridine rings is 1. The molecule has 3 aromatic rings. The number of aliphatic hydroxyl groups is 1. The van der Waals surface area contributed by atoms with Gasteiger partial charge in [-0.25, -0.2) is 15.0 Å². The highest BCUT2D eigenvalue weighted by Crippen LogP contribution is 2.56. The first-order chi connectivity index (χ1) is 15.1. The van der Waals surface area contributed by atoms with Gasteiger partial charge in [0.25, 0.3) is 0 Å². The molecule has 0 bridgehead atoms. The average Bonchev–Trinajstić information content (AvgIpc) is 3.41. The molecule has 0 saturated heterocycles. The van der Waals surface area contributed by atoms with Gasteiger partial charge in [-0.05, 0) is 54.7 Å². The summed E-state index contributed by atoms with van der Waals surface area (Å²) in [6.07, 6.45) is 7.37. The standard InChI is InChI=1S/C23H26N4OS3/c1-13(2)19-15-8-6-7-14(15)17-18-20(21(30-12-11-28)26-23(25-18)29-3)31-22(17)27(19)16-9-4-5-10-24-16/h4-5,9-10,13,19,28H,6-8,11-12H2,1-3H3. The molecule has 2 aliphatic rings. The normalized spacial score (nSPS) is 18.2. The summed E-state index contributed by atoms with van der Waals surface area (Å²) in [6, 6.07) is 6.47. The highest BCUT2D eigenvalue weighted by molar-refractivity contribution is 7.99.